The lowest BCUT2D eigenvalue weighted by Crippen LogP contribution is -2.57. The van der Waals surface area contributed by atoms with Crippen molar-refractivity contribution in [3.63, 3.8) is 0 Å². The van der Waals surface area contributed by atoms with Gasteiger partial charge >= 0.3 is 0 Å². The lowest BCUT2D eigenvalue weighted by atomic mass is 10.1. The smallest absolute Gasteiger partial charge is 0.276 e. The summed E-state index contributed by atoms with van der Waals surface area (Å²) in [5.74, 6) is 0.359. The van der Waals surface area contributed by atoms with Gasteiger partial charge < -0.3 is 14.3 Å². The quantitative estimate of drug-likeness (QED) is 0.778. The van der Waals surface area contributed by atoms with Gasteiger partial charge in [-0.2, -0.15) is 0 Å². The van der Waals surface area contributed by atoms with E-state index in [4.69, 9.17) is 4.52 Å². The molecule has 0 aliphatic carbocycles. The van der Waals surface area contributed by atoms with Crippen LogP contribution in [0.25, 0.3) is 0 Å². The first-order chi connectivity index (χ1) is 13.0. The number of carbonyl (C=O) groups is 2. The van der Waals surface area contributed by atoms with E-state index >= 15 is 0 Å². The van der Waals surface area contributed by atoms with Gasteiger partial charge in [0.25, 0.3) is 5.91 Å². The molecule has 1 unspecified atom stereocenters. The zero-order chi connectivity index (χ0) is 19.4. The summed E-state index contributed by atoms with van der Waals surface area (Å²) < 4.78 is 5.37. The van der Waals surface area contributed by atoms with Gasteiger partial charge in [0.05, 0.1) is 6.54 Å². The van der Waals surface area contributed by atoms with Crippen LogP contribution in [0, 0.1) is 0 Å². The van der Waals surface area contributed by atoms with Crippen LogP contribution >= 0.6 is 0 Å². The van der Waals surface area contributed by atoms with E-state index in [9.17, 15) is 9.59 Å². The van der Waals surface area contributed by atoms with Crippen LogP contribution in [-0.4, -0.2) is 64.9 Å². The largest absolute Gasteiger partial charge is 0.359 e. The molecule has 0 spiro atoms. The zero-order valence-electron chi connectivity index (χ0n) is 16.1. The number of amides is 2. The minimum atomic E-state index is -0.433. The Kier molecular flexibility index (Phi) is 5.91. The molecule has 0 bridgehead atoms. The second kappa shape index (κ2) is 8.35. The minimum absolute atomic E-state index is 0.0246. The molecule has 2 amide bonds. The summed E-state index contributed by atoms with van der Waals surface area (Å²) in [6, 6.07) is 11.4. The molecule has 1 saturated heterocycles. The molecule has 0 saturated carbocycles. The number of hydrogen-bond acceptors (Lipinski definition) is 5. The third-order valence-corrected chi connectivity index (χ3v) is 4.86. The number of likely N-dealkylation sites (N-methyl/N-ethyl adjacent to an activating group) is 1. The highest BCUT2D eigenvalue weighted by atomic mass is 16.5. The summed E-state index contributed by atoms with van der Waals surface area (Å²) in [5, 5.41) is 3.95. The summed E-state index contributed by atoms with van der Waals surface area (Å²) in [7, 11) is 3.76. The fourth-order valence-corrected chi connectivity index (χ4v) is 3.40. The Morgan fingerprint density at radius 2 is 2.00 bits per heavy atom. The van der Waals surface area contributed by atoms with Gasteiger partial charge in [-0.15, -0.1) is 0 Å². The van der Waals surface area contributed by atoms with Gasteiger partial charge in [0, 0.05) is 32.7 Å². The Labute approximate surface area is 159 Å². The van der Waals surface area contributed by atoms with E-state index in [1.165, 1.54) is 5.56 Å². The third-order valence-electron chi connectivity index (χ3n) is 4.86. The predicted octanol–water partition coefficient (Wildman–Crippen LogP) is 2.00. The maximum absolute atomic E-state index is 12.8. The maximum Gasteiger partial charge on any atom is 0.276 e. The fraction of sp³-hybridized carbons (Fsp3) is 0.450. The molecule has 3 rings (SSSR count). The summed E-state index contributed by atoms with van der Waals surface area (Å²) in [6.45, 7) is 4.28. The van der Waals surface area contributed by atoms with E-state index in [0.717, 1.165) is 6.54 Å². The van der Waals surface area contributed by atoms with Gasteiger partial charge in [0.2, 0.25) is 5.91 Å². The summed E-state index contributed by atoms with van der Waals surface area (Å²) in [6.07, 6.45) is 0.583. The molecule has 7 nitrogen and oxygen atoms in total. The van der Waals surface area contributed by atoms with E-state index in [-0.39, 0.29) is 17.5 Å². The number of aromatic nitrogens is 1. The molecular formula is C20H26N4O3. The third kappa shape index (κ3) is 4.36. The average molecular weight is 370 g/mol. The predicted molar refractivity (Wildman–Crippen MR) is 101 cm³/mol. The zero-order valence-corrected chi connectivity index (χ0v) is 16.1. The minimum Gasteiger partial charge on any atom is -0.359 e. The summed E-state index contributed by atoms with van der Waals surface area (Å²) >= 11 is 0. The number of carbonyl (C=O) groups excluding carboxylic acids is 2. The molecule has 27 heavy (non-hydrogen) atoms. The van der Waals surface area contributed by atoms with Crippen molar-refractivity contribution in [2.45, 2.75) is 32.5 Å². The molecule has 1 atom stereocenters. The Bertz CT molecular complexity index is 790. The first kappa shape index (κ1) is 19.1. The van der Waals surface area contributed by atoms with Crippen molar-refractivity contribution in [2.24, 2.45) is 0 Å². The molecule has 2 heterocycles. The Morgan fingerprint density at radius 1 is 1.26 bits per heavy atom. The van der Waals surface area contributed by atoms with Gasteiger partial charge in [-0.3, -0.25) is 14.5 Å². The van der Waals surface area contributed by atoms with Gasteiger partial charge in [-0.1, -0.05) is 42.4 Å². The highest BCUT2D eigenvalue weighted by Crippen LogP contribution is 2.18. The van der Waals surface area contributed by atoms with Crippen molar-refractivity contribution in [3.05, 3.63) is 53.4 Å². The van der Waals surface area contributed by atoms with Crippen LogP contribution in [0.15, 0.2) is 40.9 Å². The first-order valence-electron chi connectivity index (χ1n) is 9.23. The van der Waals surface area contributed by atoms with E-state index < -0.39 is 6.04 Å². The van der Waals surface area contributed by atoms with Crippen LogP contribution < -0.4 is 0 Å². The lowest BCUT2D eigenvalue weighted by molar-refractivity contribution is -0.138. The molecule has 1 aromatic heterocycles. The number of piperazine rings is 1. The van der Waals surface area contributed by atoms with Crippen LogP contribution in [0.3, 0.4) is 0 Å². The fourth-order valence-electron chi connectivity index (χ4n) is 3.40. The van der Waals surface area contributed by atoms with Gasteiger partial charge in [0.1, 0.15) is 6.04 Å². The number of hydrogen-bond donors (Lipinski definition) is 0. The molecule has 0 N–H and O–H groups in total. The van der Waals surface area contributed by atoms with Gasteiger partial charge in [-0.05, 0) is 19.0 Å². The van der Waals surface area contributed by atoms with Gasteiger partial charge in [0.15, 0.2) is 11.5 Å². The molecule has 1 aliphatic rings. The summed E-state index contributed by atoms with van der Waals surface area (Å²) in [4.78, 5) is 30.5. The van der Waals surface area contributed by atoms with Crippen molar-refractivity contribution in [1.29, 1.82) is 0 Å². The molecule has 1 aliphatic heterocycles. The summed E-state index contributed by atoms with van der Waals surface area (Å²) in [5.41, 5.74) is 1.46. The van der Waals surface area contributed by atoms with Crippen molar-refractivity contribution in [2.75, 3.05) is 27.2 Å². The molecule has 2 aromatic rings. The van der Waals surface area contributed by atoms with Crippen LogP contribution in [0.5, 0.6) is 0 Å². The molecular weight excluding hydrogens is 344 g/mol. The van der Waals surface area contributed by atoms with Gasteiger partial charge in [-0.25, -0.2) is 0 Å². The number of nitrogens with zero attached hydrogens (tertiary/aromatic N) is 4. The topological polar surface area (TPSA) is 69.9 Å². The molecule has 1 fully saturated rings. The van der Waals surface area contributed by atoms with E-state index in [1.807, 2.05) is 32.2 Å². The number of rotatable bonds is 6. The normalized spacial score (nSPS) is 17.6. The van der Waals surface area contributed by atoms with Crippen molar-refractivity contribution < 1.29 is 14.1 Å². The number of benzene rings is 1. The highest BCUT2D eigenvalue weighted by Gasteiger charge is 2.36. The average Bonchev–Trinajstić information content (AvgIpc) is 3.12. The first-order valence-corrected chi connectivity index (χ1v) is 9.23. The standard InChI is InChI=1S/C20H26N4O3/c1-4-18-20(26)23(3)10-11-24(18)19(25)17-12-16(27-21-17)14-22(2)13-15-8-6-5-7-9-15/h5-9,12,18H,4,10-11,13-14H2,1-3H3. The van der Waals surface area contributed by atoms with Crippen LogP contribution in [0.4, 0.5) is 0 Å². The monoisotopic (exact) mass is 370 g/mol. The molecule has 7 heteroatoms. The molecule has 0 radical (unpaired) electrons. The van der Waals surface area contributed by atoms with Crippen molar-refractivity contribution in [1.82, 2.24) is 19.9 Å². The molecule has 144 valence electrons. The van der Waals surface area contributed by atoms with Crippen LogP contribution in [0.1, 0.15) is 35.2 Å². The van der Waals surface area contributed by atoms with Crippen molar-refractivity contribution in [3.8, 4) is 0 Å². The SMILES string of the molecule is CCC1C(=O)N(C)CCN1C(=O)c1cc(CN(C)Cc2ccccc2)on1. The van der Waals surface area contributed by atoms with E-state index in [1.54, 1.807) is 22.9 Å². The molecule has 1 aromatic carbocycles. The Balaban J connectivity index is 1.64. The van der Waals surface area contributed by atoms with E-state index in [2.05, 4.69) is 22.2 Å². The highest BCUT2D eigenvalue weighted by molar-refractivity contribution is 5.96. The van der Waals surface area contributed by atoms with Crippen LogP contribution in [0.2, 0.25) is 0 Å². The van der Waals surface area contributed by atoms with Crippen LogP contribution in [-0.2, 0) is 17.9 Å². The second-order valence-electron chi connectivity index (χ2n) is 7.02. The maximum atomic E-state index is 12.8. The Morgan fingerprint density at radius 3 is 2.70 bits per heavy atom. The van der Waals surface area contributed by atoms with E-state index in [0.29, 0.717) is 31.8 Å². The van der Waals surface area contributed by atoms with Crippen molar-refractivity contribution >= 4 is 11.8 Å². The Hall–Kier alpha value is -2.67. The lowest BCUT2D eigenvalue weighted by Gasteiger charge is -2.38. The second-order valence-corrected chi connectivity index (χ2v) is 7.02.